The number of methoxy groups -OCH3 is 2. The summed E-state index contributed by atoms with van der Waals surface area (Å²) in [5.74, 6) is 1.41. The molecule has 0 spiro atoms. The van der Waals surface area contributed by atoms with E-state index in [1.165, 1.54) is 0 Å². The summed E-state index contributed by atoms with van der Waals surface area (Å²) >= 11 is 3.36. The zero-order valence-electron chi connectivity index (χ0n) is 10.7. The van der Waals surface area contributed by atoms with Gasteiger partial charge in [-0.05, 0) is 39.7 Å². The van der Waals surface area contributed by atoms with Crippen LogP contribution in [-0.4, -0.2) is 14.2 Å². The number of hydrogen-bond acceptors (Lipinski definition) is 4. The van der Waals surface area contributed by atoms with E-state index in [2.05, 4.69) is 15.9 Å². The summed E-state index contributed by atoms with van der Waals surface area (Å²) in [6.07, 6.45) is 0. The number of benzene rings is 2. The van der Waals surface area contributed by atoms with Crippen LogP contribution in [0.15, 0.2) is 34.8 Å². The lowest BCUT2D eigenvalue weighted by atomic mass is 10.0. The number of rotatable bonds is 3. The van der Waals surface area contributed by atoms with Crippen molar-refractivity contribution in [3.63, 3.8) is 0 Å². The normalized spacial score (nSPS) is 10.3. The van der Waals surface area contributed by atoms with E-state index in [0.29, 0.717) is 21.6 Å². The first kappa shape index (κ1) is 13.5. The van der Waals surface area contributed by atoms with Crippen LogP contribution in [0.2, 0.25) is 0 Å². The largest absolute Gasteiger partial charge is 0.497 e. The van der Waals surface area contributed by atoms with Gasteiger partial charge in [0.15, 0.2) is 0 Å². The van der Waals surface area contributed by atoms with Crippen molar-refractivity contribution in [1.82, 2.24) is 0 Å². The third kappa shape index (κ3) is 2.46. The van der Waals surface area contributed by atoms with E-state index in [1.807, 2.05) is 24.3 Å². The second-order valence-corrected chi connectivity index (χ2v) is 4.85. The van der Waals surface area contributed by atoms with Crippen LogP contribution >= 0.6 is 15.9 Å². The molecule has 2 aromatic carbocycles. The Balaban J connectivity index is 2.69. The molecule has 0 bridgehead atoms. The molecule has 0 saturated heterocycles. The van der Waals surface area contributed by atoms with Crippen LogP contribution in [-0.2, 0) is 0 Å². The first-order chi connectivity index (χ1) is 9.08. The van der Waals surface area contributed by atoms with E-state index < -0.39 is 0 Å². The van der Waals surface area contributed by atoms with Crippen LogP contribution in [0.1, 0.15) is 0 Å². The van der Waals surface area contributed by atoms with Crippen molar-refractivity contribution in [3.05, 3.63) is 34.8 Å². The molecule has 0 aliphatic rings. The summed E-state index contributed by atoms with van der Waals surface area (Å²) in [6.45, 7) is 0. The quantitative estimate of drug-likeness (QED) is 0.850. The fourth-order valence-electron chi connectivity index (χ4n) is 1.90. The van der Waals surface area contributed by atoms with Gasteiger partial charge in [-0.3, -0.25) is 0 Å². The van der Waals surface area contributed by atoms with Crippen LogP contribution in [0.4, 0.5) is 11.4 Å². The number of hydrogen-bond donors (Lipinski definition) is 2. The van der Waals surface area contributed by atoms with Crippen LogP contribution in [0.25, 0.3) is 11.1 Å². The Labute approximate surface area is 120 Å². The molecule has 2 aromatic rings. The zero-order chi connectivity index (χ0) is 14.0. The van der Waals surface area contributed by atoms with Gasteiger partial charge in [0.25, 0.3) is 0 Å². The highest BCUT2D eigenvalue weighted by Gasteiger charge is 2.15. The van der Waals surface area contributed by atoms with E-state index in [0.717, 1.165) is 16.9 Å². The molecule has 0 amide bonds. The average Bonchev–Trinajstić information content (AvgIpc) is 2.44. The SMILES string of the molecule is COc1cccc(-c2c(OC)cc(Br)c(N)c2N)c1. The summed E-state index contributed by atoms with van der Waals surface area (Å²) in [4.78, 5) is 0. The number of nitrogens with two attached hydrogens (primary N) is 2. The lowest BCUT2D eigenvalue weighted by molar-refractivity contribution is 0.413. The topological polar surface area (TPSA) is 70.5 Å². The Morgan fingerprint density at radius 2 is 1.74 bits per heavy atom. The summed E-state index contributed by atoms with van der Waals surface area (Å²) < 4.78 is 11.3. The highest BCUT2D eigenvalue weighted by molar-refractivity contribution is 9.10. The second kappa shape index (κ2) is 5.40. The molecule has 4 nitrogen and oxygen atoms in total. The maximum Gasteiger partial charge on any atom is 0.130 e. The fraction of sp³-hybridized carbons (Fsp3) is 0.143. The zero-order valence-corrected chi connectivity index (χ0v) is 12.3. The molecule has 100 valence electrons. The lowest BCUT2D eigenvalue weighted by Crippen LogP contribution is -2.01. The number of anilines is 2. The second-order valence-electron chi connectivity index (χ2n) is 3.99. The van der Waals surface area contributed by atoms with Crippen LogP contribution < -0.4 is 20.9 Å². The molecule has 0 heterocycles. The van der Waals surface area contributed by atoms with Gasteiger partial charge in [-0.1, -0.05) is 12.1 Å². The number of halogens is 1. The molecule has 0 saturated carbocycles. The molecule has 0 unspecified atom stereocenters. The van der Waals surface area contributed by atoms with Gasteiger partial charge in [0.1, 0.15) is 11.5 Å². The molecule has 4 N–H and O–H groups in total. The van der Waals surface area contributed by atoms with Gasteiger partial charge >= 0.3 is 0 Å². The lowest BCUT2D eigenvalue weighted by Gasteiger charge is -2.15. The fourth-order valence-corrected chi connectivity index (χ4v) is 2.32. The van der Waals surface area contributed by atoms with Crippen molar-refractivity contribution < 1.29 is 9.47 Å². The minimum Gasteiger partial charge on any atom is -0.497 e. The van der Waals surface area contributed by atoms with Crippen molar-refractivity contribution in [2.45, 2.75) is 0 Å². The Bertz CT molecular complexity index is 615. The maximum absolute atomic E-state index is 6.11. The minimum absolute atomic E-state index is 0.486. The molecule has 2 rings (SSSR count). The Hall–Kier alpha value is -1.88. The first-order valence-electron chi connectivity index (χ1n) is 5.64. The van der Waals surface area contributed by atoms with E-state index >= 15 is 0 Å². The van der Waals surface area contributed by atoms with Gasteiger partial charge < -0.3 is 20.9 Å². The van der Waals surface area contributed by atoms with E-state index in [1.54, 1.807) is 20.3 Å². The van der Waals surface area contributed by atoms with Gasteiger partial charge in [-0.2, -0.15) is 0 Å². The molecular weight excluding hydrogens is 308 g/mol. The van der Waals surface area contributed by atoms with Crippen molar-refractivity contribution in [2.24, 2.45) is 0 Å². The first-order valence-corrected chi connectivity index (χ1v) is 6.43. The van der Waals surface area contributed by atoms with Crippen molar-refractivity contribution in [3.8, 4) is 22.6 Å². The van der Waals surface area contributed by atoms with Gasteiger partial charge in [0.05, 0.1) is 25.6 Å². The Kier molecular flexibility index (Phi) is 3.85. The molecule has 0 atom stereocenters. The van der Waals surface area contributed by atoms with Crippen molar-refractivity contribution in [2.75, 3.05) is 25.7 Å². The molecule has 0 aromatic heterocycles. The van der Waals surface area contributed by atoms with E-state index in [9.17, 15) is 0 Å². The molecular formula is C14H15BrN2O2. The Morgan fingerprint density at radius 3 is 2.37 bits per heavy atom. The van der Waals surface area contributed by atoms with Gasteiger partial charge in [0.2, 0.25) is 0 Å². The molecule has 0 fully saturated rings. The third-order valence-electron chi connectivity index (χ3n) is 2.90. The highest BCUT2D eigenvalue weighted by Crippen LogP contribution is 2.43. The van der Waals surface area contributed by atoms with Gasteiger partial charge in [-0.15, -0.1) is 0 Å². The summed E-state index contributed by atoms with van der Waals surface area (Å²) in [5.41, 5.74) is 14.7. The molecule has 19 heavy (non-hydrogen) atoms. The van der Waals surface area contributed by atoms with Gasteiger partial charge in [0, 0.05) is 10.0 Å². The molecule has 0 aliphatic heterocycles. The minimum atomic E-state index is 0.486. The van der Waals surface area contributed by atoms with Crippen molar-refractivity contribution in [1.29, 1.82) is 0 Å². The summed E-state index contributed by atoms with van der Waals surface area (Å²) in [5, 5.41) is 0. The maximum atomic E-state index is 6.11. The van der Waals surface area contributed by atoms with Gasteiger partial charge in [-0.25, -0.2) is 0 Å². The molecule has 5 heteroatoms. The summed E-state index contributed by atoms with van der Waals surface area (Å²) in [6, 6.07) is 9.39. The molecule has 0 aliphatic carbocycles. The average molecular weight is 323 g/mol. The Morgan fingerprint density at radius 1 is 1.00 bits per heavy atom. The van der Waals surface area contributed by atoms with E-state index in [4.69, 9.17) is 20.9 Å². The van der Waals surface area contributed by atoms with Crippen molar-refractivity contribution >= 4 is 27.3 Å². The van der Waals surface area contributed by atoms with Crippen LogP contribution in [0.5, 0.6) is 11.5 Å². The number of ether oxygens (including phenoxy) is 2. The highest BCUT2D eigenvalue weighted by atomic mass is 79.9. The standard InChI is InChI=1S/C14H15BrN2O2/c1-18-9-5-3-4-8(6-9)12-11(19-2)7-10(15)13(16)14(12)17/h3-7H,16-17H2,1-2H3. The summed E-state index contributed by atoms with van der Waals surface area (Å²) in [7, 11) is 3.22. The van der Waals surface area contributed by atoms with Crippen LogP contribution in [0.3, 0.4) is 0 Å². The molecule has 0 radical (unpaired) electrons. The third-order valence-corrected chi connectivity index (χ3v) is 3.56. The smallest absolute Gasteiger partial charge is 0.130 e. The predicted octanol–water partition coefficient (Wildman–Crippen LogP) is 3.30. The predicted molar refractivity (Wildman–Crippen MR) is 81.5 cm³/mol. The number of nitrogen functional groups attached to an aromatic ring is 2. The van der Waals surface area contributed by atoms with E-state index in [-0.39, 0.29) is 0 Å². The van der Waals surface area contributed by atoms with Crippen LogP contribution in [0, 0.1) is 0 Å². The monoisotopic (exact) mass is 322 g/mol.